The summed E-state index contributed by atoms with van der Waals surface area (Å²) in [5.41, 5.74) is 9.94. The number of aryl methyl sites for hydroxylation is 1. The second kappa shape index (κ2) is 9.42. The number of aromatic nitrogens is 2. The van der Waals surface area contributed by atoms with E-state index in [0.717, 1.165) is 16.8 Å². The molecule has 4 N–H and O–H groups in total. The number of sulfonamides is 1. The zero-order valence-electron chi connectivity index (χ0n) is 16.8. The Balaban J connectivity index is 1.58. The van der Waals surface area contributed by atoms with Crippen LogP contribution in [0.1, 0.15) is 17.5 Å². The van der Waals surface area contributed by atoms with E-state index in [1.807, 2.05) is 38.1 Å². The lowest BCUT2D eigenvalue weighted by Gasteiger charge is -2.11. The summed E-state index contributed by atoms with van der Waals surface area (Å²) in [4.78, 5) is 8.75. The van der Waals surface area contributed by atoms with E-state index in [-0.39, 0.29) is 17.4 Å². The quantitative estimate of drug-likeness (QED) is 0.455. The van der Waals surface area contributed by atoms with Gasteiger partial charge in [-0.25, -0.2) is 18.1 Å². The molecule has 9 heteroatoms. The Kier molecular flexibility index (Phi) is 6.91. The molecule has 3 rings (SSSR count). The summed E-state index contributed by atoms with van der Waals surface area (Å²) in [5, 5.41) is 3.67. The Bertz CT molecular complexity index is 1130. The van der Waals surface area contributed by atoms with E-state index >= 15 is 0 Å². The number of hydrogen-bond donors (Lipinski definition) is 3. The number of anilines is 2. The molecule has 0 fully saturated rings. The van der Waals surface area contributed by atoms with Crippen molar-refractivity contribution < 1.29 is 8.42 Å². The fourth-order valence-corrected chi connectivity index (χ4v) is 4.13. The summed E-state index contributed by atoms with van der Waals surface area (Å²) < 4.78 is 27.1. The molecule has 7 nitrogen and oxygen atoms in total. The van der Waals surface area contributed by atoms with Crippen LogP contribution in [0, 0.1) is 13.8 Å². The van der Waals surface area contributed by atoms with Crippen molar-refractivity contribution in [1.82, 2.24) is 14.7 Å². The predicted octanol–water partition coefficient (Wildman–Crippen LogP) is 3.78. The molecule has 1 heterocycles. The average Bonchev–Trinajstić information content (AvgIpc) is 2.69. The van der Waals surface area contributed by atoms with Gasteiger partial charge in [-0.1, -0.05) is 29.8 Å². The molecule has 0 spiro atoms. The smallest absolute Gasteiger partial charge is 0.240 e. The lowest BCUT2D eigenvalue weighted by atomic mass is 10.0. The van der Waals surface area contributed by atoms with Crippen molar-refractivity contribution in [2.45, 2.75) is 25.2 Å². The number of nitrogens with zero attached hydrogens (tertiary/aromatic N) is 2. The van der Waals surface area contributed by atoms with Gasteiger partial charge in [0, 0.05) is 29.7 Å². The van der Waals surface area contributed by atoms with Crippen molar-refractivity contribution in [3.05, 3.63) is 64.7 Å². The molecule has 0 bridgehead atoms. The molecule has 1 aromatic heterocycles. The molecule has 0 saturated carbocycles. The van der Waals surface area contributed by atoms with Crippen LogP contribution in [0.5, 0.6) is 0 Å². The molecule has 0 aliphatic carbocycles. The van der Waals surface area contributed by atoms with Crippen LogP contribution in [0.25, 0.3) is 11.3 Å². The summed E-state index contributed by atoms with van der Waals surface area (Å²) in [6.45, 7) is 4.89. The first-order valence-electron chi connectivity index (χ1n) is 9.46. The summed E-state index contributed by atoms with van der Waals surface area (Å²) in [6.07, 6.45) is 0.565. The predicted molar refractivity (Wildman–Crippen MR) is 121 cm³/mol. The van der Waals surface area contributed by atoms with Crippen molar-refractivity contribution in [2.75, 3.05) is 24.1 Å². The zero-order valence-corrected chi connectivity index (χ0v) is 18.4. The molecule has 158 valence electrons. The molecule has 0 aliphatic heterocycles. The van der Waals surface area contributed by atoms with Gasteiger partial charge in [-0.2, -0.15) is 4.98 Å². The van der Waals surface area contributed by atoms with Gasteiger partial charge in [0.05, 0.1) is 10.6 Å². The van der Waals surface area contributed by atoms with E-state index < -0.39 is 10.0 Å². The molecule has 0 amide bonds. The maximum atomic E-state index is 12.3. The fourth-order valence-electron chi connectivity index (χ4n) is 2.93. The average molecular weight is 446 g/mol. The van der Waals surface area contributed by atoms with E-state index in [0.29, 0.717) is 23.8 Å². The molecule has 0 radical (unpaired) electrons. The number of hydrogen-bond acceptors (Lipinski definition) is 6. The van der Waals surface area contributed by atoms with E-state index in [4.69, 9.17) is 17.3 Å². The van der Waals surface area contributed by atoms with Crippen LogP contribution < -0.4 is 15.8 Å². The highest BCUT2D eigenvalue weighted by molar-refractivity contribution is 7.89. The van der Waals surface area contributed by atoms with Crippen LogP contribution in [0.4, 0.5) is 11.8 Å². The Morgan fingerprint density at radius 2 is 1.77 bits per heavy atom. The molecule has 30 heavy (non-hydrogen) atoms. The second-order valence-electron chi connectivity index (χ2n) is 6.88. The second-order valence-corrected chi connectivity index (χ2v) is 9.08. The highest BCUT2D eigenvalue weighted by atomic mass is 35.5. The number of benzene rings is 2. The van der Waals surface area contributed by atoms with Gasteiger partial charge in [0.15, 0.2) is 0 Å². The third-order valence-corrected chi connectivity index (χ3v) is 6.43. The minimum Gasteiger partial charge on any atom is -0.370 e. The normalized spacial score (nSPS) is 11.4. The standard InChI is InChI=1S/C21H24ClN5O2S/c1-14-5-3-6-18(15(14)2)19-13-20(27-21(23)26-19)24-11-4-12-25-30(28,29)17-9-7-16(22)8-10-17/h3,5-10,13,25H,4,11-12H2,1-2H3,(H3,23,24,26,27). The van der Waals surface area contributed by atoms with Crippen molar-refractivity contribution in [3.8, 4) is 11.3 Å². The van der Waals surface area contributed by atoms with Crippen molar-refractivity contribution >= 4 is 33.4 Å². The first-order valence-corrected chi connectivity index (χ1v) is 11.3. The zero-order chi connectivity index (χ0) is 21.7. The summed E-state index contributed by atoms with van der Waals surface area (Å²) in [7, 11) is -3.56. The molecule has 2 aromatic carbocycles. The van der Waals surface area contributed by atoms with Crippen LogP contribution in [0.15, 0.2) is 53.4 Å². The Morgan fingerprint density at radius 1 is 1.03 bits per heavy atom. The van der Waals surface area contributed by atoms with E-state index in [1.165, 1.54) is 17.7 Å². The number of nitrogen functional groups attached to an aromatic ring is 1. The number of halogens is 1. The van der Waals surface area contributed by atoms with Crippen LogP contribution >= 0.6 is 11.6 Å². The maximum absolute atomic E-state index is 12.3. The van der Waals surface area contributed by atoms with Gasteiger partial charge in [0.25, 0.3) is 0 Å². The van der Waals surface area contributed by atoms with Crippen LogP contribution in [-0.2, 0) is 10.0 Å². The third-order valence-electron chi connectivity index (χ3n) is 4.70. The molecular weight excluding hydrogens is 422 g/mol. The molecular formula is C21H24ClN5O2S. The number of nitrogens with one attached hydrogen (secondary N) is 2. The molecule has 0 atom stereocenters. The molecule has 0 unspecified atom stereocenters. The lowest BCUT2D eigenvalue weighted by Crippen LogP contribution is -2.26. The summed E-state index contributed by atoms with van der Waals surface area (Å²) >= 11 is 5.80. The van der Waals surface area contributed by atoms with Gasteiger partial charge < -0.3 is 11.1 Å². The van der Waals surface area contributed by atoms with Crippen molar-refractivity contribution in [2.24, 2.45) is 0 Å². The van der Waals surface area contributed by atoms with Crippen LogP contribution in [0.2, 0.25) is 5.02 Å². The SMILES string of the molecule is Cc1cccc(-c2cc(NCCCNS(=O)(=O)c3ccc(Cl)cc3)nc(N)n2)c1C. The topological polar surface area (TPSA) is 110 Å². The molecule has 3 aromatic rings. The third kappa shape index (κ3) is 5.47. The van der Waals surface area contributed by atoms with Crippen LogP contribution in [-0.4, -0.2) is 31.5 Å². The first-order chi connectivity index (χ1) is 14.3. The minimum atomic E-state index is -3.56. The Morgan fingerprint density at radius 3 is 2.50 bits per heavy atom. The van der Waals surface area contributed by atoms with Crippen molar-refractivity contribution in [1.29, 1.82) is 0 Å². The summed E-state index contributed by atoms with van der Waals surface area (Å²) in [5.74, 6) is 0.776. The highest BCUT2D eigenvalue weighted by Gasteiger charge is 2.13. The fraction of sp³-hybridized carbons (Fsp3) is 0.238. The Labute approximate surface area is 181 Å². The minimum absolute atomic E-state index is 0.180. The first kappa shape index (κ1) is 22.0. The molecule has 0 aliphatic rings. The van der Waals surface area contributed by atoms with Gasteiger partial charge in [0.2, 0.25) is 16.0 Å². The van der Waals surface area contributed by atoms with Gasteiger partial charge >= 0.3 is 0 Å². The Hall–Kier alpha value is -2.68. The summed E-state index contributed by atoms with van der Waals surface area (Å²) in [6, 6.07) is 13.9. The van der Waals surface area contributed by atoms with E-state index in [2.05, 4.69) is 20.0 Å². The van der Waals surface area contributed by atoms with Crippen LogP contribution in [0.3, 0.4) is 0 Å². The number of rotatable bonds is 8. The molecule has 0 saturated heterocycles. The van der Waals surface area contributed by atoms with Gasteiger partial charge in [-0.15, -0.1) is 0 Å². The maximum Gasteiger partial charge on any atom is 0.240 e. The largest absolute Gasteiger partial charge is 0.370 e. The van der Waals surface area contributed by atoms with Gasteiger partial charge in [-0.3, -0.25) is 0 Å². The highest BCUT2D eigenvalue weighted by Crippen LogP contribution is 2.26. The van der Waals surface area contributed by atoms with E-state index in [1.54, 1.807) is 12.1 Å². The van der Waals surface area contributed by atoms with Crippen molar-refractivity contribution in [3.63, 3.8) is 0 Å². The number of nitrogens with two attached hydrogens (primary N) is 1. The monoisotopic (exact) mass is 445 g/mol. The van der Waals surface area contributed by atoms with E-state index in [9.17, 15) is 8.42 Å². The van der Waals surface area contributed by atoms with Gasteiger partial charge in [-0.05, 0) is 55.7 Å². The lowest BCUT2D eigenvalue weighted by molar-refractivity contribution is 0.580. The van der Waals surface area contributed by atoms with Gasteiger partial charge in [0.1, 0.15) is 5.82 Å².